The lowest BCUT2D eigenvalue weighted by atomic mass is 9.92. The SMILES string of the molecule is CCNC(=NCC(C)(C)c1cccs1)NCC1(OC)CCOCC1.I. The Bertz CT molecular complexity index is 514. The van der Waals surface area contributed by atoms with Crippen molar-refractivity contribution < 1.29 is 9.47 Å². The molecule has 2 heterocycles. The maximum absolute atomic E-state index is 5.79. The van der Waals surface area contributed by atoms with Gasteiger partial charge in [-0.05, 0) is 18.4 Å². The third-order valence-electron chi connectivity index (χ3n) is 4.58. The summed E-state index contributed by atoms with van der Waals surface area (Å²) in [5, 5.41) is 8.92. The predicted octanol–water partition coefficient (Wildman–Crippen LogP) is 3.39. The zero-order chi connectivity index (χ0) is 17.5. The van der Waals surface area contributed by atoms with Gasteiger partial charge in [-0.15, -0.1) is 35.3 Å². The zero-order valence-electron chi connectivity index (χ0n) is 15.8. The second-order valence-corrected chi connectivity index (χ2v) is 7.86. The summed E-state index contributed by atoms with van der Waals surface area (Å²) in [5.41, 5.74) is -0.119. The van der Waals surface area contributed by atoms with E-state index in [0.717, 1.165) is 51.6 Å². The molecular formula is C18H32IN3O2S. The van der Waals surface area contributed by atoms with Crippen LogP contribution in [-0.2, 0) is 14.9 Å². The fourth-order valence-corrected chi connectivity index (χ4v) is 3.65. The molecule has 0 saturated carbocycles. The van der Waals surface area contributed by atoms with Crippen LogP contribution in [0.2, 0.25) is 0 Å². The van der Waals surface area contributed by atoms with Gasteiger partial charge in [-0.2, -0.15) is 0 Å². The maximum atomic E-state index is 5.79. The van der Waals surface area contributed by atoms with Crippen LogP contribution in [0.5, 0.6) is 0 Å². The summed E-state index contributed by atoms with van der Waals surface area (Å²) in [6.45, 7) is 10.4. The first-order valence-corrected chi connectivity index (χ1v) is 9.58. The number of guanidine groups is 1. The molecule has 0 amide bonds. The lowest BCUT2D eigenvalue weighted by molar-refractivity contribution is -0.0855. The van der Waals surface area contributed by atoms with Crippen molar-refractivity contribution in [3.63, 3.8) is 0 Å². The quantitative estimate of drug-likeness (QED) is 0.356. The fourth-order valence-electron chi connectivity index (χ4n) is 2.80. The molecule has 2 rings (SSSR count). The van der Waals surface area contributed by atoms with Crippen molar-refractivity contribution in [2.24, 2.45) is 4.99 Å². The van der Waals surface area contributed by atoms with Gasteiger partial charge < -0.3 is 20.1 Å². The topological polar surface area (TPSA) is 54.9 Å². The monoisotopic (exact) mass is 481 g/mol. The minimum atomic E-state index is -0.155. The number of nitrogens with zero attached hydrogens (tertiary/aromatic N) is 1. The van der Waals surface area contributed by atoms with Gasteiger partial charge in [0, 0.05) is 56.5 Å². The molecule has 1 saturated heterocycles. The Labute approximate surface area is 173 Å². The molecule has 25 heavy (non-hydrogen) atoms. The first kappa shape index (κ1) is 22.7. The second kappa shape index (κ2) is 10.7. The highest BCUT2D eigenvalue weighted by Crippen LogP contribution is 2.27. The fraction of sp³-hybridized carbons (Fsp3) is 0.722. The summed E-state index contributed by atoms with van der Waals surface area (Å²) in [7, 11) is 1.79. The van der Waals surface area contributed by atoms with Crippen molar-refractivity contribution in [3.05, 3.63) is 22.4 Å². The van der Waals surface area contributed by atoms with Crippen LogP contribution in [0.25, 0.3) is 0 Å². The Hall–Kier alpha value is -0.380. The van der Waals surface area contributed by atoms with Crippen LogP contribution in [0.15, 0.2) is 22.5 Å². The number of nitrogens with one attached hydrogen (secondary N) is 2. The van der Waals surface area contributed by atoms with E-state index in [-0.39, 0.29) is 35.0 Å². The standard InChI is InChI=1S/C18H31N3O2S.HI/c1-5-19-16(20-13-17(2,3)15-7-6-12-24-15)21-14-18(22-4)8-10-23-11-9-18;/h6-7,12H,5,8-11,13-14H2,1-4H3,(H2,19,20,21);1H. The van der Waals surface area contributed by atoms with Gasteiger partial charge in [0.1, 0.15) is 0 Å². The first-order chi connectivity index (χ1) is 11.5. The number of rotatable bonds is 7. The number of methoxy groups -OCH3 is 1. The third kappa shape index (κ3) is 6.69. The maximum Gasteiger partial charge on any atom is 0.191 e. The molecule has 1 aromatic heterocycles. The molecule has 0 radical (unpaired) electrons. The average molecular weight is 481 g/mol. The molecule has 5 nitrogen and oxygen atoms in total. The van der Waals surface area contributed by atoms with Crippen molar-refractivity contribution in [3.8, 4) is 0 Å². The van der Waals surface area contributed by atoms with Crippen molar-refractivity contribution >= 4 is 41.3 Å². The minimum Gasteiger partial charge on any atom is -0.381 e. The van der Waals surface area contributed by atoms with E-state index in [1.807, 2.05) is 0 Å². The van der Waals surface area contributed by atoms with Crippen molar-refractivity contribution in [2.75, 3.05) is 40.0 Å². The highest BCUT2D eigenvalue weighted by molar-refractivity contribution is 14.0. The van der Waals surface area contributed by atoms with E-state index < -0.39 is 0 Å². The number of thiophene rings is 1. The molecular weight excluding hydrogens is 449 g/mol. The van der Waals surface area contributed by atoms with Gasteiger partial charge >= 0.3 is 0 Å². The van der Waals surface area contributed by atoms with Crippen LogP contribution >= 0.6 is 35.3 Å². The van der Waals surface area contributed by atoms with E-state index >= 15 is 0 Å². The smallest absolute Gasteiger partial charge is 0.191 e. The van der Waals surface area contributed by atoms with Crippen LogP contribution in [0.4, 0.5) is 0 Å². The number of halogens is 1. The van der Waals surface area contributed by atoms with Crippen molar-refractivity contribution in [2.45, 2.75) is 44.6 Å². The third-order valence-corrected chi connectivity index (χ3v) is 5.82. The Kier molecular flexibility index (Phi) is 9.69. The molecule has 7 heteroatoms. The molecule has 0 unspecified atom stereocenters. The molecule has 2 N–H and O–H groups in total. The minimum absolute atomic E-state index is 0. The average Bonchev–Trinajstić information content (AvgIpc) is 3.14. The Morgan fingerprint density at radius 3 is 2.64 bits per heavy atom. The molecule has 0 bridgehead atoms. The summed E-state index contributed by atoms with van der Waals surface area (Å²) >= 11 is 1.79. The number of hydrogen-bond acceptors (Lipinski definition) is 4. The van der Waals surface area contributed by atoms with Gasteiger partial charge in [0.15, 0.2) is 5.96 Å². The summed E-state index contributed by atoms with van der Waals surface area (Å²) in [4.78, 5) is 6.17. The molecule has 144 valence electrons. The van der Waals surface area contributed by atoms with E-state index in [1.54, 1.807) is 18.4 Å². The van der Waals surface area contributed by atoms with Gasteiger partial charge in [0.2, 0.25) is 0 Å². The summed E-state index contributed by atoms with van der Waals surface area (Å²) in [6.07, 6.45) is 1.83. The molecule has 0 spiro atoms. The Balaban J connectivity index is 0.00000312. The Morgan fingerprint density at radius 1 is 1.36 bits per heavy atom. The normalized spacial score (nSPS) is 17.7. The highest BCUT2D eigenvalue weighted by atomic mass is 127. The molecule has 1 aliphatic heterocycles. The number of ether oxygens (including phenoxy) is 2. The van der Waals surface area contributed by atoms with E-state index in [0.29, 0.717) is 0 Å². The van der Waals surface area contributed by atoms with Crippen molar-refractivity contribution in [1.82, 2.24) is 10.6 Å². The predicted molar refractivity (Wildman–Crippen MR) is 117 cm³/mol. The van der Waals surface area contributed by atoms with E-state index in [9.17, 15) is 0 Å². The summed E-state index contributed by atoms with van der Waals surface area (Å²) < 4.78 is 11.2. The highest BCUT2D eigenvalue weighted by Gasteiger charge is 2.32. The summed E-state index contributed by atoms with van der Waals surface area (Å²) in [5.74, 6) is 0.852. The van der Waals surface area contributed by atoms with E-state index in [4.69, 9.17) is 14.5 Å². The van der Waals surface area contributed by atoms with Crippen LogP contribution < -0.4 is 10.6 Å². The largest absolute Gasteiger partial charge is 0.381 e. The summed E-state index contributed by atoms with van der Waals surface area (Å²) in [6, 6.07) is 4.28. The first-order valence-electron chi connectivity index (χ1n) is 8.70. The Morgan fingerprint density at radius 2 is 2.08 bits per heavy atom. The molecule has 0 aliphatic carbocycles. The molecule has 1 fully saturated rings. The zero-order valence-corrected chi connectivity index (χ0v) is 18.9. The lowest BCUT2D eigenvalue weighted by Gasteiger charge is -2.36. The molecule has 0 atom stereocenters. The van der Waals surface area contributed by atoms with E-state index in [2.05, 4.69) is 48.9 Å². The van der Waals surface area contributed by atoms with Gasteiger partial charge in [-0.3, -0.25) is 4.99 Å². The molecule has 1 aromatic rings. The van der Waals surface area contributed by atoms with Crippen LogP contribution in [0.3, 0.4) is 0 Å². The lowest BCUT2D eigenvalue weighted by Crippen LogP contribution is -2.51. The number of hydrogen-bond donors (Lipinski definition) is 2. The number of aliphatic imine (C=N–C) groups is 1. The van der Waals surface area contributed by atoms with Gasteiger partial charge in [-0.25, -0.2) is 0 Å². The van der Waals surface area contributed by atoms with Crippen LogP contribution in [0, 0.1) is 0 Å². The van der Waals surface area contributed by atoms with Gasteiger partial charge in [0.25, 0.3) is 0 Å². The van der Waals surface area contributed by atoms with Gasteiger partial charge in [0.05, 0.1) is 12.1 Å². The second-order valence-electron chi connectivity index (χ2n) is 6.91. The van der Waals surface area contributed by atoms with E-state index in [1.165, 1.54) is 4.88 Å². The molecule has 0 aromatic carbocycles. The van der Waals surface area contributed by atoms with Gasteiger partial charge in [-0.1, -0.05) is 19.9 Å². The van der Waals surface area contributed by atoms with Crippen LogP contribution in [0.1, 0.15) is 38.5 Å². The van der Waals surface area contributed by atoms with Crippen LogP contribution in [-0.4, -0.2) is 51.5 Å². The van der Waals surface area contributed by atoms with Crippen molar-refractivity contribution in [1.29, 1.82) is 0 Å². The molecule has 1 aliphatic rings.